The summed E-state index contributed by atoms with van der Waals surface area (Å²) in [6, 6.07) is 16.0. The lowest BCUT2D eigenvalue weighted by Crippen LogP contribution is -2.26. The molecule has 0 saturated heterocycles. The van der Waals surface area contributed by atoms with Crippen molar-refractivity contribution in [1.82, 2.24) is 24.8 Å². The van der Waals surface area contributed by atoms with Gasteiger partial charge in [-0.3, -0.25) is 4.79 Å². The lowest BCUT2D eigenvalue weighted by molar-refractivity contribution is 0.0949. The minimum Gasteiger partial charge on any atom is -0.446 e. The first-order valence-electron chi connectivity index (χ1n) is 9.45. The third-order valence-electron chi connectivity index (χ3n) is 4.97. The zero-order valence-corrected chi connectivity index (χ0v) is 15.6. The van der Waals surface area contributed by atoms with Crippen LogP contribution in [0, 0.1) is 0 Å². The summed E-state index contributed by atoms with van der Waals surface area (Å²) < 4.78 is 7.44. The van der Waals surface area contributed by atoms with E-state index in [2.05, 4.69) is 26.3 Å². The number of nitrogens with one attached hydrogen (secondary N) is 2. The van der Waals surface area contributed by atoms with Crippen molar-refractivity contribution in [3.63, 3.8) is 0 Å². The number of hydrogen-bond acceptors (Lipinski definition) is 4. The van der Waals surface area contributed by atoms with Crippen LogP contribution >= 0.6 is 0 Å². The third-order valence-corrected chi connectivity index (χ3v) is 4.97. The van der Waals surface area contributed by atoms with Crippen molar-refractivity contribution in [3.05, 3.63) is 84.5 Å². The van der Waals surface area contributed by atoms with Gasteiger partial charge in [0.2, 0.25) is 5.89 Å². The normalized spacial score (nSPS) is 11.3. The molecule has 7 nitrogen and oxygen atoms in total. The smallest absolute Gasteiger partial charge is 0.273 e. The van der Waals surface area contributed by atoms with E-state index in [1.807, 2.05) is 53.2 Å². The molecule has 0 bridgehead atoms. The number of oxazole rings is 1. The number of para-hydroxylation sites is 3. The Hall–Kier alpha value is -3.87. The van der Waals surface area contributed by atoms with Gasteiger partial charge in [0.1, 0.15) is 12.8 Å². The quantitative estimate of drug-likeness (QED) is 0.468. The summed E-state index contributed by atoms with van der Waals surface area (Å²) in [5, 5.41) is 4.09. The highest BCUT2D eigenvalue weighted by atomic mass is 16.3. The van der Waals surface area contributed by atoms with Crippen LogP contribution in [0.15, 0.2) is 71.7 Å². The van der Waals surface area contributed by atoms with Gasteiger partial charge >= 0.3 is 0 Å². The SMILES string of the molecule is O=C(NCCc1c[nH]c2ccccc12)c1coc(Cn2cnc3ccccc32)n1. The molecule has 3 heterocycles. The molecule has 0 radical (unpaired) electrons. The summed E-state index contributed by atoms with van der Waals surface area (Å²) >= 11 is 0. The number of carbonyl (C=O) groups excluding carboxylic acids is 1. The Labute approximate surface area is 166 Å². The van der Waals surface area contributed by atoms with E-state index in [1.165, 1.54) is 17.2 Å². The molecule has 0 unspecified atom stereocenters. The lowest BCUT2D eigenvalue weighted by Gasteiger charge is -2.02. The molecule has 144 valence electrons. The first kappa shape index (κ1) is 17.2. The van der Waals surface area contributed by atoms with E-state index < -0.39 is 0 Å². The Morgan fingerprint density at radius 3 is 2.97 bits per heavy atom. The van der Waals surface area contributed by atoms with E-state index in [1.54, 1.807) is 6.33 Å². The minimum atomic E-state index is -0.240. The van der Waals surface area contributed by atoms with Gasteiger partial charge in [-0.15, -0.1) is 0 Å². The summed E-state index contributed by atoms with van der Waals surface area (Å²) in [5.74, 6) is 0.227. The fourth-order valence-electron chi connectivity index (χ4n) is 3.51. The number of H-pyrrole nitrogens is 1. The molecule has 0 saturated carbocycles. The predicted molar refractivity (Wildman–Crippen MR) is 110 cm³/mol. The Morgan fingerprint density at radius 1 is 1.14 bits per heavy atom. The molecule has 2 aromatic carbocycles. The highest BCUT2D eigenvalue weighted by Crippen LogP contribution is 2.18. The van der Waals surface area contributed by atoms with E-state index in [-0.39, 0.29) is 11.6 Å². The number of amides is 1. The fourth-order valence-corrected chi connectivity index (χ4v) is 3.51. The molecule has 3 aromatic heterocycles. The van der Waals surface area contributed by atoms with E-state index in [0.29, 0.717) is 19.0 Å². The van der Waals surface area contributed by atoms with Crippen LogP contribution < -0.4 is 5.32 Å². The second-order valence-corrected chi connectivity index (χ2v) is 6.85. The first-order valence-corrected chi connectivity index (χ1v) is 9.45. The molecule has 29 heavy (non-hydrogen) atoms. The molecule has 0 spiro atoms. The summed E-state index contributed by atoms with van der Waals surface area (Å²) in [6.45, 7) is 0.943. The fraction of sp³-hybridized carbons (Fsp3) is 0.136. The van der Waals surface area contributed by atoms with Crippen LogP contribution in [0.4, 0.5) is 0 Å². The maximum Gasteiger partial charge on any atom is 0.273 e. The molecule has 0 aliphatic rings. The minimum absolute atomic E-state index is 0.240. The van der Waals surface area contributed by atoms with Gasteiger partial charge < -0.3 is 19.3 Å². The number of nitrogens with zero attached hydrogens (tertiary/aromatic N) is 3. The molecule has 7 heteroatoms. The molecule has 0 atom stereocenters. The van der Waals surface area contributed by atoms with E-state index in [0.717, 1.165) is 23.0 Å². The van der Waals surface area contributed by atoms with Crippen molar-refractivity contribution >= 4 is 27.8 Å². The number of rotatable bonds is 6. The number of fused-ring (bicyclic) bond motifs is 2. The van der Waals surface area contributed by atoms with Gasteiger partial charge in [-0.2, -0.15) is 0 Å². The first-order chi connectivity index (χ1) is 14.3. The molecular weight excluding hydrogens is 366 g/mol. The van der Waals surface area contributed by atoms with Gasteiger partial charge in [-0.05, 0) is 30.2 Å². The monoisotopic (exact) mass is 385 g/mol. The molecule has 5 rings (SSSR count). The Bertz CT molecular complexity index is 1300. The topological polar surface area (TPSA) is 88.7 Å². The van der Waals surface area contributed by atoms with Crippen LogP contribution in [-0.2, 0) is 13.0 Å². The maximum atomic E-state index is 12.4. The predicted octanol–water partition coefficient (Wildman–Crippen LogP) is 3.53. The number of aromatic amines is 1. The van der Waals surface area contributed by atoms with Crippen LogP contribution in [0.2, 0.25) is 0 Å². The van der Waals surface area contributed by atoms with Crippen LogP contribution in [0.3, 0.4) is 0 Å². The molecule has 2 N–H and O–H groups in total. The van der Waals surface area contributed by atoms with Crippen molar-refractivity contribution < 1.29 is 9.21 Å². The van der Waals surface area contributed by atoms with Crippen molar-refractivity contribution in [2.45, 2.75) is 13.0 Å². The van der Waals surface area contributed by atoms with Crippen molar-refractivity contribution in [1.29, 1.82) is 0 Å². The standard InChI is InChI=1S/C22H19N5O2/c28-22(23-10-9-15-11-24-17-6-2-1-5-16(15)17)19-13-29-21(26-19)12-27-14-25-18-7-3-4-8-20(18)27/h1-8,11,13-14,24H,9-10,12H2,(H,23,28). The molecule has 0 aliphatic carbocycles. The number of imidazole rings is 1. The van der Waals surface area contributed by atoms with E-state index in [4.69, 9.17) is 4.42 Å². The van der Waals surface area contributed by atoms with Gasteiger partial charge in [-0.25, -0.2) is 9.97 Å². The van der Waals surface area contributed by atoms with Gasteiger partial charge in [-0.1, -0.05) is 30.3 Å². The number of hydrogen-bond donors (Lipinski definition) is 2. The Kier molecular flexibility index (Phi) is 4.32. The van der Waals surface area contributed by atoms with E-state index in [9.17, 15) is 4.79 Å². The lowest BCUT2D eigenvalue weighted by atomic mass is 10.1. The zero-order valence-electron chi connectivity index (χ0n) is 15.6. The second kappa shape index (κ2) is 7.27. The highest BCUT2D eigenvalue weighted by molar-refractivity contribution is 5.92. The maximum absolute atomic E-state index is 12.4. The zero-order chi connectivity index (χ0) is 19.6. The summed E-state index contributed by atoms with van der Waals surface area (Å²) in [7, 11) is 0. The molecule has 5 aromatic rings. The van der Waals surface area contributed by atoms with Crippen LogP contribution in [0.25, 0.3) is 21.9 Å². The molecule has 1 amide bonds. The van der Waals surface area contributed by atoms with Crippen LogP contribution in [0.1, 0.15) is 21.9 Å². The Balaban J connectivity index is 1.21. The number of benzene rings is 2. The summed E-state index contributed by atoms with van der Waals surface area (Å²) in [5.41, 5.74) is 4.46. The molecule has 0 aliphatic heterocycles. The second-order valence-electron chi connectivity index (χ2n) is 6.85. The summed E-state index contributed by atoms with van der Waals surface area (Å²) in [6.07, 6.45) is 5.87. The number of aromatic nitrogens is 4. The average molecular weight is 385 g/mol. The van der Waals surface area contributed by atoms with Gasteiger partial charge in [0.15, 0.2) is 5.69 Å². The van der Waals surface area contributed by atoms with Gasteiger partial charge in [0.25, 0.3) is 5.91 Å². The van der Waals surface area contributed by atoms with Crippen molar-refractivity contribution in [3.8, 4) is 0 Å². The summed E-state index contributed by atoms with van der Waals surface area (Å²) in [4.78, 5) is 24.3. The average Bonchev–Trinajstić information content (AvgIpc) is 3.48. The van der Waals surface area contributed by atoms with Gasteiger partial charge in [0.05, 0.1) is 17.4 Å². The van der Waals surface area contributed by atoms with Crippen LogP contribution in [0.5, 0.6) is 0 Å². The highest BCUT2D eigenvalue weighted by Gasteiger charge is 2.13. The Morgan fingerprint density at radius 2 is 2.00 bits per heavy atom. The molecular formula is C22H19N5O2. The third kappa shape index (κ3) is 3.38. The number of carbonyl (C=O) groups is 1. The van der Waals surface area contributed by atoms with Gasteiger partial charge in [0, 0.05) is 23.6 Å². The largest absolute Gasteiger partial charge is 0.446 e. The van der Waals surface area contributed by atoms with Crippen LogP contribution in [-0.4, -0.2) is 32.0 Å². The van der Waals surface area contributed by atoms with E-state index >= 15 is 0 Å². The van der Waals surface area contributed by atoms with Crippen molar-refractivity contribution in [2.24, 2.45) is 0 Å². The molecule has 0 fully saturated rings. The van der Waals surface area contributed by atoms with Crippen molar-refractivity contribution in [2.75, 3.05) is 6.54 Å².